The Balaban J connectivity index is 1.82. The average Bonchev–Trinajstić information content (AvgIpc) is 3.19. The number of nitrogens with zero attached hydrogens (tertiary/aromatic N) is 3. The molecule has 0 radical (unpaired) electrons. The van der Waals surface area contributed by atoms with Crippen molar-refractivity contribution in [2.45, 2.75) is 45.1 Å². The zero-order valence-electron chi connectivity index (χ0n) is 15.4. The molecular formula is C20H26N4O2. The summed E-state index contributed by atoms with van der Waals surface area (Å²) in [5.74, 6) is 0.697. The molecule has 6 heteroatoms. The molecular weight excluding hydrogens is 328 g/mol. The van der Waals surface area contributed by atoms with E-state index in [-0.39, 0.29) is 11.9 Å². The highest BCUT2D eigenvalue weighted by Gasteiger charge is 2.26. The summed E-state index contributed by atoms with van der Waals surface area (Å²) in [5, 5.41) is 0. The predicted molar refractivity (Wildman–Crippen MR) is 102 cm³/mol. The molecule has 3 rings (SSSR count). The van der Waals surface area contributed by atoms with Crippen LogP contribution in [0.2, 0.25) is 0 Å². The SMILES string of the molecule is CCCN(C(=O)c1ccc(-c2cc(OC)nc(N)n2)cc1)C1CCCC1. The summed E-state index contributed by atoms with van der Waals surface area (Å²) < 4.78 is 5.14. The summed E-state index contributed by atoms with van der Waals surface area (Å²) in [4.78, 5) is 23.3. The maximum atomic E-state index is 13.0. The first-order valence-corrected chi connectivity index (χ1v) is 9.22. The van der Waals surface area contributed by atoms with Crippen molar-refractivity contribution < 1.29 is 9.53 Å². The van der Waals surface area contributed by atoms with Crippen LogP contribution in [-0.2, 0) is 0 Å². The van der Waals surface area contributed by atoms with Crippen LogP contribution in [0.5, 0.6) is 5.88 Å². The fourth-order valence-corrected chi connectivity index (χ4v) is 3.55. The lowest BCUT2D eigenvalue weighted by Crippen LogP contribution is -2.39. The van der Waals surface area contributed by atoms with Gasteiger partial charge in [-0.1, -0.05) is 31.9 Å². The van der Waals surface area contributed by atoms with Gasteiger partial charge in [0.2, 0.25) is 11.8 Å². The number of carbonyl (C=O) groups is 1. The van der Waals surface area contributed by atoms with Crippen LogP contribution in [0, 0.1) is 0 Å². The number of hydrogen-bond donors (Lipinski definition) is 1. The molecule has 1 saturated carbocycles. The molecule has 6 nitrogen and oxygen atoms in total. The van der Waals surface area contributed by atoms with Crippen molar-refractivity contribution >= 4 is 11.9 Å². The van der Waals surface area contributed by atoms with Gasteiger partial charge in [0.25, 0.3) is 5.91 Å². The highest BCUT2D eigenvalue weighted by molar-refractivity contribution is 5.95. The first kappa shape index (κ1) is 18.2. The summed E-state index contributed by atoms with van der Waals surface area (Å²) >= 11 is 0. The number of nitrogens with two attached hydrogens (primary N) is 1. The van der Waals surface area contributed by atoms with Gasteiger partial charge >= 0.3 is 0 Å². The molecule has 1 fully saturated rings. The third kappa shape index (κ3) is 3.95. The Labute approximate surface area is 154 Å². The predicted octanol–water partition coefficient (Wildman–Crippen LogP) is 3.53. The van der Waals surface area contributed by atoms with E-state index in [2.05, 4.69) is 16.9 Å². The van der Waals surface area contributed by atoms with Crippen LogP contribution in [0.3, 0.4) is 0 Å². The first-order valence-electron chi connectivity index (χ1n) is 9.22. The number of benzene rings is 1. The third-order valence-corrected chi connectivity index (χ3v) is 4.85. The van der Waals surface area contributed by atoms with Crippen molar-refractivity contribution in [3.63, 3.8) is 0 Å². The minimum atomic E-state index is 0.116. The molecule has 1 amide bonds. The van der Waals surface area contributed by atoms with Crippen molar-refractivity contribution in [3.8, 4) is 17.1 Å². The zero-order valence-corrected chi connectivity index (χ0v) is 15.4. The van der Waals surface area contributed by atoms with Crippen LogP contribution >= 0.6 is 0 Å². The molecule has 1 heterocycles. The number of rotatable bonds is 6. The van der Waals surface area contributed by atoms with Crippen LogP contribution in [0.15, 0.2) is 30.3 Å². The minimum Gasteiger partial charge on any atom is -0.481 e. The van der Waals surface area contributed by atoms with Crippen LogP contribution in [0.25, 0.3) is 11.3 Å². The van der Waals surface area contributed by atoms with Gasteiger partial charge in [-0.2, -0.15) is 4.98 Å². The van der Waals surface area contributed by atoms with Gasteiger partial charge in [-0.3, -0.25) is 4.79 Å². The van der Waals surface area contributed by atoms with Gasteiger partial charge in [-0.15, -0.1) is 0 Å². The maximum Gasteiger partial charge on any atom is 0.254 e. The molecule has 0 bridgehead atoms. The summed E-state index contributed by atoms with van der Waals surface area (Å²) in [5.41, 5.74) is 7.99. The van der Waals surface area contributed by atoms with E-state index in [1.165, 1.54) is 12.8 Å². The molecule has 0 atom stereocenters. The Hall–Kier alpha value is -2.63. The standard InChI is InChI=1S/C20H26N4O2/c1-3-12-24(16-6-4-5-7-16)19(25)15-10-8-14(9-11-15)17-13-18(26-2)23-20(21)22-17/h8-11,13,16H,3-7,12H2,1-2H3,(H2,21,22,23). The fourth-order valence-electron chi connectivity index (χ4n) is 3.55. The number of ether oxygens (including phenoxy) is 1. The number of methoxy groups -OCH3 is 1. The van der Waals surface area contributed by atoms with E-state index in [4.69, 9.17) is 10.5 Å². The van der Waals surface area contributed by atoms with Gasteiger partial charge < -0.3 is 15.4 Å². The Kier molecular flexibility index (Phi) is 5.71. The lowest BCUT2D eigenvalue weighted by atomic mass is 10.1. The van der Waals surface area contributed by atoms with Crippen molar-refractivity contribution in [2.24, 2.45) is 0 Å². The summed E-state index contributed by atoms with van der Waals surface area (Å²) in [7, 11) is 1.54. The van der Waals surface area contributed by atoms with E-state index in [0.717, 1.165) is 31.4 Å². The molecule has 1 aliphatic carbocycles. The second-order valence-electron chi connectivity index (χ2n) is 6.67. The Morgan fingerprint density at radius 1 is 1.23 bits per heavy atom. The summed E-state index contributed by atoms with van der Waals surface area (Å²) in [6.07, 6.45) is 5.64. The van der Waals surface area contributed by atoms with Crippen LogP contribution in [-0.4, -0.2) is 40.5 Å². The molecule has 1 aromatic carbocycles. The Morgan fingerprint density at radius 2 is 1.92 bits per heavy atom. The quantitative estimate of drug-likeness (QED) is 0.858. The Morgan fingerprint density at radius 3 is 2.54 bits per heavy atom. The normalized spacial score (nSPS) is 14.4. The maximum absolute atomic E-state index is 13.0. The van der Waals surface area contributed by atoms with Gasteiger partial charge in [0.15, 0.2) is 0 Å². The largest absolute Gasteiger partial charge is 0.481 e. The number of amides is 1. The van der Waals surface area contributed by atoms with Gasteiger partial charge in [0.05, 0.1) is 12.8 Å². The fraction of sp³-hybridized carbons (Fsp3) is 0.450. The number of nitrogen functional groups attached to an aromatic ring is 1. The monoisotopic (exact) mass is 354 g/mol. The van der Waals surface area contributed by atoms with Gasteiger partial charge in [-0.05, 0) is 31.4 Å². The van der Waals surface area contributed by atoms with Gasteiger partial charge in [-0.25, -0.2) is 4.98 Å². The molecule has 0 saturated heterocycles. The van der Waals surface area contributed by atoms with E-state index in [9.17, 15) is 4.79 Å². The van der Waals surface area contributed by atoms with Crippen LogP contribution in [0.1, 0.15) is 49.4 Å². The van der Waals surface area contributed by atoms with Gasteiger partial charge in [0.1, 0.15) is 0 Å². The molecule has 0 aliphatic heterocycles. The van der Waals surface area contributed by atoms with E-state index in [1.807, 2.05) is 29.2 Å². The highest BCUT2D eigenvalue weighted by Crippen LogP contribution is 2.26. The second-order valence-corrected chi connectivity index (χ2v) is 6.67. The van der Waals surface area contributed by atoms with E-state index >= 15 is 0 Å². The van der Waals surface area contributed by atoms with Crippen molar-refractivity contribution in [1.82, 2.24) is 14.9 Å². The van der Waals surface area contributed by atoms with Crippen molar-refractivity contribution in [2.75, 3.05) is 19.4 Å². The van der Waals surface area contributed by atoms with E-state index in [1.54, 1.807) is 13.2 Å². The number of aromatic nitrogens is 2. The third-order valence-electron chi connectivity index (χ3n) is 4.85. The smallest absolute Gasteiger partial charge is 0.254 e. The second kappa shape index (κ2) is 8.17. The zero-order chi connectivity index (χ0) is 18.5. The van der Waals surface area contributed by atoms with Crippen LogP contribution < -0.4 is 10.5 Å². The summed E-state index contributed by atoms with van der Waals surface area (Å²) in [6, 6.07) is 9.63. The van der Waals surface area contributed by atoms with Crippen molar-refractivity contribution in [1.29, 1.82) is 0 Å². The van der Waals surface area contributed by atoms with E-state index < -0.39 is 0 Å². The molecule has 26 heavy (non-hydrogen) atoms. The molecule has 138 valence electrons. The minimum absolute atomic E-state index is 0.116. The topological polar surface area (TPSA) is 81.3 Å². The summed E-state index contributed by atoms with van der Waals surface area (Å²) in [6.45, 7) is 2.93. The first-order chi connectivity index (χ1) is 12.6. The average molecular weight is 354 g/mol. The Bertz CT molecular complexity index is 755. The number of carbonyl (C=O) groups excluding carboxylic acids is 1. The molecule has 2 N–H and O–H groups in total. The highest BCUT2D eigenvalue weighted by atomic mass is 16.5. The molecule has 0 spiro atoms. The van der Waals surface area contributed by atoms with Crippen LogP contribution in [0.4, 0.5) is 5.95 Å². The molecule has 1 aliphatic rings. The lowest BCUT2D eigenvalue weighted by molar-refractivity contribution is 0.0681. The number of hydrogen-bond acceptors (Lipinski definition) is 5. The lowest BCUT2D eigenvalue weighted by Gasteiger charge is -2.28. The van der Waals surface area contributed by atoms with E-state index in [0.29, 0.717) is 23.2 Å². The van der Waals surface area contributed by atoms with Gasteiger partial charge in [0, 0.05) is 29.8 Å². The number of anilines is 1. The molecule has 1 aromatic heterocycles. The molecule has 0 unspecified atom stereocenters. The molecule has 2 aromatic rings. The van der Waals surface area contributed by atoms with Crippen molar-refractivity contribution in [3.05, 3.63) is 35.9 Å².